The zero-order valence-corrected chi connectivity index (χ0v) is 14.1. The lowest BCUT2D eigenvalue weighted by Crippen LogP contribution is -2.47. The van der Waals surface area contributed by atoms with Gasteiger partial charge in [-0.1, -0.05) is 13.0 Å². The number of sulfonamides is 1. The van der Waals surface area contributed by atoms with Crippen molar-refractivity contribution in [1.82, 2.24) is 4.31 Å². The third-order valence-corrected chi connectivity index (χ3v) is 6.73. The molecule has 1 aromatic carbocycles. The van der Waals surface area contributed by atoms with Gasteiger partial charge in [-0.2, -0.15) is 4.31 Å². The van der Waals surface area contributed by atoms with E-state index in [1.807, 2.05) is 6.92 Å². The van der Waals surface area contributed by atoms with Crippen LogP contribution < -0.4 is 9.47 Å². The van der Waals surface area contributed by atoms with Gasteiger partial charge in [-0.3, -0.25) is 0 Å². The summed E-state index contributed by atoms with van der Waals surface area (Å²) < 4.78 is 38.7. The monoisotopic (exact) mass is 341 g/mol. The van der Waals surface area contributed by atoms with Crippen LogP contribution in [0.15, 0.2) is 23.1 Å². The summed E-state index contributed by atoms with van der Waals surface area (Å²) in [6.45, 7) is 3.57. The Hall–Kier alpha value is -1.31. The lowest BCUT2D eigenvalue weighted by molar-refractivity contribution is 0.0607. The molecule has 2 aliphatic heterocycles. The molecule has 128 valence electrons. The Kier molecular flexibility index (Phi) is 4.53. The normalized spacial score (nSPS) is 25.3. The molecule has 23 heavy (non-hydrogen) atoms. The first-order valence-electron chi connectivity index (χ1n) is 8.02. The molecule has 0 aromatic heterocycles. The second-order valence-corrected chi connectivity index (χ2v) is 8.14. The maximum Gasteiger partial charge on any atom is 0.246 e. The molecular weight excluding hydrogens is 318 g/mol. The van der Waals surface area contributed by atoms with E-state index in [0.717, 1.165) is 19.3 Å². The van der Waals surface area contributed by atoms with Crippen molar-refractivity contribution in [2.24, 2.45) is 5.41 Å². The minimum Gasteiger partial charge on any atom is -0.486 e. The standard InChI is InChI=1S/C16H23NO5S/c1-2-16(12-18)7-4-8-17(11-16)23(19,20)14-6-3-5-13-15(14)22-10-9-21-13/h3,5-6,18H,2,4,7-12H2,1H3. The highest BCUT2D eigenvalue weighted by atomic mass is 32.2. The second-order valence-electron chi connectivity index (χ2n) is 6.23. The van der Waals surface area contributed by atoms with Crippen molar-refractivity contribution in [1.29, 1.82) is 0 Å². The number of ether oxygens (including phenoxy) is 2. The van der Waals surface area contributed by atoms with Crippen molar-refractivity contribution in [3.05, 3.63) is 18.2 Å². The van der Waals surface area contributed by atoms with Crippen LogP contribution in [0.4, 0.5) is 0 Å². The smallest absolute Gasteiger partial charge is 0.246 e. The van der Waals surface area contributed by atoms with E-state index in [0.29, 0.717) is 37.8 Å². The zero-order chi connectivity index (χ0) is 16.5. The topological polar surface area (TPSA) is 76.1 Å². The Morgan fingerprint density at radius 1 is 1.30 bits per heavy atom. The lowest BCUT2D eigenvalue weighted by Gasteiger charge is -2.40. The van der Waals surface area contributed by atoms with Gasteiger partial charge in [0.1, 0.15) is 18.1 Å². The molecule has 3 rings (SSSR count). The predicted molar refractivity (Wildman–Crippen MR) is 85.2 cm³/mol. The molecule has 1 atom stereocenters. The first kappa shape index (κ1) is 16.5. The highest BCUT2D eigenvalue weighted by Crippen LogP contribution is 2.40. The van der Waals surface area contributed by atoms with E-state index in [-0.39, 0.29) is 16.9 Å². The molecule has 1 saturated heterocycles. The third-order valence-electron chi connectivity index (χ3n) is 4.86. The summed E-state index contributed by atoms with van der Waals surface area (Å²) in [5, 5.41) is 9.72. The first-order chi connectivity index (χ1) is 11.0. The minimum absolute atomic E-state index is 0.00201. The Bertz CT molecular complexity index is 669. The summed E-state index contributed by atoms with van der Waals surface area (Å²) >= 11 is 0. The number of para-hydroxylation sites is 1. The van der Waals surface area contributed by atoms with E-state index in [2.05, 4.69) is 0 Å². The van der Waals surface area contributed by atoms with Crippen LogP contribution in [-0.4, -0.2) is 50.7 Å². The van der Waals surface area contributed by atoms with E-state index < -0.39 is 10.0 Å². The average Bonchev–Trinajstić information content (AvgIpc) is 2.61. The van der Waals surface area contributed by atoms with Gasteiger partial charge in [-0.15, -0.1) is 0 Å². The largest absolute Gasteiger partial charge is 0.486 e. The van der Waals surface area contributed by atoms with Gasteiger partial charge in [-0.05, 0) is 31.4 Å². The number of nitrogens with zero attached hydrogens (tertiary/aromatic N) is 1. The molecule has 0 saturated carbocycles. The van der Waals surface area contributed by atoms with E-state index in [1.165, 1.54) is 4.31 Å². The highest BCUT2D eigenvalue weighted by molar-refractivity contribution is 7.89. The van der Waals surface area contributed by atoms with Crippen LogP contribution in [-0.2, 0) is 10.0 Å². The van der Waals surface area contributed by atoms with Crippen molar-refractivity contribution in [2.75, 3.05) is 32.9 Å². The quantitative estimate of drug-likeness (QED) is 0.901. The summed E-state index contributed by atoms with van der Waals surface area (Å²) in [5.41, 5.74) is -0.350. The summed E-state index contributed by atoms with van der Waals surface area (Å²) in [6, 6.07) is 4.95. The van der Waals surface area contributed by atoms with Gasteiger partial charge in [-0.25, -0.2) is 8.42 Å². The predicted octanol–water partition coefficient (Wildman–Crippen LogP) is 1.63. The van der Waals surface area contributed by atoms with Crippen LogP contribution >= 0.6 is 0 Å². The number of aliphatic hydroxyl groups is 1. The van der Waals surface area contributed by atoms with Gasteiger partial charge in [0.2, 0.25) is 10.0 Å². The summed E-state index contributed by atoms with van der Waals surface area (Å²) in [7, 11) is -3.68. The maximum absolute atomic E-state index is 13.1. The Morgan fingerprint density at radius 2 is 2.09 bits per heavy atom. The van der Waals surface area contributed by atoms with Crippen molar-refractivity contribution < 1.29 is 23.0 Å². The van der Waals surface area contributed by atoms with Crippen molar-refractivity contribution in [3.8, 4) is 11.5 Å². The van der Waals surface area contributed by atoms with Crippen molar-refractivity contribution in [3.63, 3.8) is 0 Å². The SMILES string of the molecule is CCC1(CO)CCCN(S(=O)(=O)c2cccc3c2OCCO3)C1. The Labute approximate surface area is 137 Å². The molecule has 0 spiro atoms. The summed E-state index contributed by atoms with van der Waals surface area (Å²) in [4.78, 5) is 0.152. The maximum atomic E-state index is 13.1. The highest BCUT2D eigenvalue weighted by Gasteiger charge is 2.40. The zero-order valence-electron chi connectivity index (χ0n) is 13.3. The van der Waals surface area contributed by atoms with Gasteiger partial charge < -0.3 is 14.6 Å². The molecule has 0 amide bonds. The van der Waals surface area contributed by atoms with Crippen LogP contribution in [0, 0.1) is 5.41 Å². The number of rotatable bonds is 4. The van der Waals surface area contributed by atoms with Crippen molar-refractivity contribution in [2.45, 2.75) is 31.1 Å². The average molecular weight is 341 g/mol. The van der Waals surface area contributed by atoms with E-state index in [9.17, 15) is 13.5 Å². The Balaban J connectivity index is 1.96. The van der Waals surface area contributed by atoms with Gasteiger partial charge in [0.05, 0.1) is 0 Å². The van der Waals surface area contributed by atoms with Crippen LogP contribution in [0.1, 0.15) is 26.2 Å². The number of benzene rings is 1. The molecule has 1 unspecified atom stereocenters. The summed E-state index contributed by atoms with van der Waals surface area (Å²) in [6.07, 6.45) is 2.35. The fourth-order valence-corrected chi connectivity index (χ4v) is 5.02. The van der Waals surface area contributed by atoms with E-state index in [1.54, 1.807) is 18.2 Å². The van der Waals surface area contributed by atoms with Gasteiger partial charge in [0, 0.05) is 25.1 Å². The van der Waals surface area contributed by atoms with E-state index >= 15 is 0 Å². The number of hydrogen-bond acceptors (Lipinski definition) is 5. The van der Waals surface area contributed by atoms with Gasteiger partial charge >= 0.3 is 0 Å². The molecule has 0 radical (unpaired) electrons. The van der Waals surface area contributed by atoms with Crippen LogP contribution in [0.25, 0.3) is 0 Å². The Morgan fingerprint density at radius 3 is 2.83 bits per heavy atom. The molecule has 7 heteroatoms. The third kappa shape index (κ3) is 2.93. The molecule has 1 N–H and O–H groups in total. The van der Waals surface area contributed by atoms with Gasteiger partial charge in [0.15, 0.2) is 11.5 Å². The van der Waals surface area contributed by atoms with Crippen LogP contribution in [0.3, 0.4) is 0 Å². The fraction of sp³-hybridized carbons (Fsp3) is 0.625. The number of hydrogen-bond donors (Lipinski definition) is 1. The lowest BCUT2D eigenvalue weighted by atomic mass is 9.79. The molecule has 6 nitrogen and oxygen atoms in total. The molecule has 1 fully saturated rings. The van der Waals surface area contributed by atoms with Crippen molar-refractivity contribution >= 4 is 10.0 Å². The summed E-state index contributed by atoms with van der Waals surface area (Å²) in [5.74, 6) is 0.772. The number of aliphatic hydroxyl groups excluding tert-OH is 1. The fourth-order valence-electron chi connectivity index (χ4n) is 3.29. The second kappa shape index (κ2) is 6.30. The molecule has 2 aliphatic rings. The van der Waals surface area contributed by atoms with E-state index in [4.69, 9.17) is 9.47 Å². The minimum atomic E-state index is -3.68. The molecule has 0 aliphatic carbocycles. The molecule has 1 aromatic rings. The molecule has 0 bridgehead atoms. The van der Waals surface area contributed by atoms with Crippen LogP contribution in [0.2, 0.25) is 0 Å². The number of fused-ring (bicyclic) bond motifs is 1. The van der Waals surface area contributed by atoms with Gasteiger partial charge in [0.25, 0.3) is 0 Å². The molecular formula is C16H23NO5S. The first-order valence-corrected chi connectivity index (χ1v) is 9.46. The number of piperidine rings is 1. The van der Waals surface area contributed by atoms with Crippen LogP contribution in [0.5, 0.6) is 11.5 Å². The molecule has 2 heterocycles.